The van der Waals surface area contributed by atoms with Crippen molar-refractivity contribution in [1.29, 1.82) is 0 Å². The van der Waals surface area contributed by atoms with Crippen molar-refractivity contribution in [3.63, 3.8) is 0 Å². The van der Waals surface area contributed by atoms with Gasteiger partial charge in [0.05, 0.1) is 6.10 Å². The first kappa shape index (κ1) is 14.8. The average molecular weight is 280 g/mol. The van der Waals surface area contributed by atoms with Crippen LogP contribution in [0.2, 0.25) is 0 Å². The van der Waals surface area contributed by atoms with Crippen LogP contribution in [0.4, 0.5) is 0 Å². The number of carbonyl (C=O) groups is 1. The van der Waals surface area contributed by atoms with E-state index in [1.54, 1.807) is 6.07 Å². The highest BCUT2D eigenvalue weighted by Gasteiger charge is 2.25. The Labute approximate surface area is 117 Å². The first-order chi connectivity index (χ1) is 9.56. The van der Waals surface area contributed by atoms with Crippen molar-refractivity contribution in [1.82, 2.24) is 4.90 Å². The number of aliphatic hydroxyl groups is 1. The second-order valence-corrected chi connectivity index (χ2v) is 5.05. The lowest BCUT2D eigenvalue weighted by atomic mass is 10.0. The molecule has 0 aromatic heterocycles. The van der Waals surface area contributed by atoms with Crippen molar-refractivity contribution < 1.29 is 19.7 Å². The van der Waals surface area contributed by atoms with Crippen molar-refractivity contribution in [2.75, 3.05) is 19.7 Å². The molecule has 1 aromatic rings. The molecule has 0 radical (unpaired) electrons. The van der Waals surface area contributed by atoms with Gasteiger partial charge in [-0.05, 0) is 12.5 Å². The van der Waals surface area contributed by atoms with E-state index in [0.717, 1.165) is 18.5 Å². The lowest BCUT2D eigenvalue weighted by Crippen LogP contribution is -2.50. The van der Waals surface area contributed by atoms with Gasteiger partial charge in [-0.3, -0.25) is 4.90 Å². The summed E-state index contributed by atoms with van der Waals surface area (Å²) in [6.45, 7) is 1.59. The molecule has 1 heterocycles. The van der Waals surface area contributed by atoms with Gasteiger partial charge in [0.25, 0.3) is 0 Å². The molecule has 0 spiro atoms. The number of hydrogen-bond acceptors (Lipinski definition) is 5. The van der Waals surface area contributed by atoms with E-state index in [1.165, 1.54) is 0 Å². The number of rotatable bonds is 5. The Bertz CT molecular complexity index is 466. The molecule has 2 rings (SSSR count). The molecule has 1 saturated heterocycles. The largest absolute Gasteiger partial charge is 0.482 e. The normalized spacial score (nSPS) is 23.5. The summed E-state index contributed by atoms with van der Waals surface area (Å²) in [7, 11) is 0. The van der Waals surface area contributed by atoms with Crippen LogP contribution in [-0.4, -0.2) is 52.9 Å². The lowest BCUT2D eigenvalue weighted by molar-refractivity contribution is -0.139. The van der Waals surface area contributed by atoms with E-state index in [9.17, 15) is 9.90 Å². The van der Waals surface area contributed by atoms with Crippen LogP contribution in [-0.2, 0) is 11.3 Å². The van der Waals surface area contributed by atoms with Crippen LogP contribution in [0.1, 0.15) is 12.0 Å². The number of para-hydroxylation sites is 1. The van der Waals surface area contributed by atoms with Gasteiger partial charge in [0.1, 0.15) is 5.75 Å². The predicted octanol–water partition coefficient (Wildman–Crippen LogP) is 0.0439. The summed E-state index contributed by atoms with van der Waals surface area (Å²) in [6, 6.07) is 7.18. The summed E-state index contributed by atoms with van der Waals surface area (Å²) < 4.78 is 5.27. The van der Waals surface area contributed by atoms with Crippen LogP contribution in [0, 0.1) is 0 Å². The third-order valence-electron chi connectivity index (χ3n) is 3.44. The van der Waals surface area contributed by atoms with Crippen LogP contribution in [0.25, 0.3) is 0 Å². The third-order valence-corrected chi connectivity index (χ3v) is 3.44. The van der Waals surface area contributed by atoms with E-state index in [2.05, 4.69) is 4.90 Å². The summed E-state index contributed by atoms with van der Waals surface area (Å²) in [5.74, 6) is -0.432. The predicted molar refractivity (Wildman–Crippen MR) is 73.4 cm³/mol. The summed E-state index contributed by atoms with van der Waals surface area (Å²) in [6.07, 6.45) is 0.232. The van der Waals surface area contributed by atoms with Crippen LogP contribution in [0.5, 0.6) is 5.75 Å². The summed E-state index contributed by atoms with van der Waals surface area (Å²) in [5.41, 5.74) is 6.69. The number of β-amino-alcohol motifs (C(OH)–C–C–N with tert-alkyl or cyclic N) is 1. The molecular weight excluding hydrogens is 260 g/mol. The second kappa shape index (κ2) is 6.69. The highest BCUT2D eigenvalue weighted by molar-refractivity contribution is 5.68. The first-order valence-electron chi connectivity index (χ1n) is 6.65. The lowest BCUT2D eigenvalue weighted by Gasteiger charge is -2.34. The van der Waals surface area contributed by atoms with Gasteiger partial charge in [-0.15, -0.1) is 0 Å². The Balaban J connectivity index is 2.00. The molecule has 1 fully saturated rings. The van der Waals surface area contributed by atoms with Gasteiger partial charge in [-0.25, -0.2) is 4.79 Å². The topological polar surface area (TPSA) is 96.0 Å². The molecule has 0 aliphatic carbocycles. The molecule has 0 unspecified atom stereocenters. The fourth-order valence-electron chi connectivity index (χ4n) is 2.31. The molecule has 1 aromatic carbocycles. The molecule has 110 valence electrons. The van der Waals surface area contributed by atoms with Crippen molar-refractivity contribution in [3.8, 4) is 5.75 Å². The molecule has 1 aliphatic rings. The number of nitrogens with zero attached hydrogens (tertiary/aromatic N) is 1. The van der Waals surface area contributed by atoms with E-state index in [-0.39, 0.29) is 12.6 Å². The maximum Gasteiger partial charge on any atom is 0.341 e. The maximum absolute atomic E-state index is 10.6. The van der Waals surface area contributed by atoms with Crippen LogP contribution in [0.15, 0.2) is 24.3 Å². The van der Waals surface area contributed by atoms with E-state index in [1.807, 2.05) is 18.2 Å². The zero-order chi connectivity index (χ0) is 14.5. The second-order valence-electron chi connectivity index (χ2n) is 5.05. The number of piperidine rings is 1. The number of carboxylic acids is 1. The molecule has 0 amide bonds. The Hall–Kier alpha value is -1.63. The molecule has 20 heavy (non-hydrogen) atoms. The zero-order valence-electron chi connectivity index (χ0n) is 11.2. The van der Waals surface area contributed by atoms with E-state index in [0.29, 0.717) is 18.8 Å². The Morgan fingerprint density at radius 1 is 1.45 bits per heavy atom. The van der Waals surface area contributed by atoms with Crippen molar-refractivity contribution in [2.24, 2.45) is 5.73 Å². The van der Waals surface area contributed by atoms with Crippen molar-refractivity contribution in [2.45, 2.75) is 25.1 Å². The van der Waals surface area contributed by atoms with E-state index >= 15 is 0 Å². The van der Waals surface area contributed by atoms with Gasteiger partial charge in [0.2, 0.25) is 0 Å². The number of benzene rings is 1. The minimum Gasteiger partial charge on any atom is -0.482 e. The van der Waals surface area contributed by atoms with Gasteiger partial charge in [0.15, 0.2) is 6.61 Å². The molecule has 0 bridgehead atoms. The van der Waals surface area contributed by atoms with Gasteiger partial charge < -0.3 is 20.7 Å². The fraction of sp³-hybridized carbons (Fsp3) is 0.500. The monoisotopic (exact) mass is 280 g/mol. The quantitative estimate of drug-likeness (QED) is 0.705. The fourth-order valence-corrected chi connectivity index (χ4v) is 2.31. The van der Waals surface area contributed by atoms with Crippen molar-refractivity contribution >= 4 is 5.97 Å². The first-order valence-corrected chi connectivity index (χ1v) is 6.65. The highest BCUT2D eigenvalue weighted by Crippen LogP contribution is 2.21. The molecule has 6 heteroatoms. The van der Waals surface area contributed by atoms with E-state index in [4.69, 9.17) is 15.6 Å². The Morgan fingerprint density at radius 3 is 2.90 bits per heavy atom. The van der Waals surface area contributed by atoms with Crippen LogP contribution < -0.4 is 10.5 Å². The van der Waals surface area contributed by atoms with Gasteiger partial charge >= 0.3 is 5.97 Å². The number of carboxylic acid groups (broad SMARTS) is 1. The van der Waals surface area contributed by atoms with Crippen LogP contribution in [0.3, 0.4) is 0 Å². The van der Waals surface area contributed by atoms with Gasteiger partial charge in [0, 0.05) is 31.2 Å². The number of aliphatic hydroxyl groups excluding tert-OH is 1. The molecule has 1 aliphatic heterocycles. The van der Waals surface area contributed by atoms with Gasteiger partial charge in [-0.1, -0.05) is 18.2 Å². The van der Waals surface area contributed by atoms with Gasteiger partial charge in [-0.2, -0.15) is 0 Å². The maximum atomic E-state index is 10.6. The minimum absolute atomic E-state index is 0.162. The molecule has 6 nitrogen and oxygen atoms in total. The number of aliphatic carboxylic acids is 1. The number of ether oxygens (including phenoxy) is 1. The minimum atomic E-state index is -1.00. The SMILES string of the molecule is N[C@@H]1CCN(Cc2ccccc2OCC(=O)O)C[C@H]1O. The van der Waals surface area contributed by atoms with E-state index < -0.39 is 12.1 Å². The standard InChI is InChI=1S/C14H20N2O4/c15-11-5-6-16(8-12(11)17)7-10-3-1-2-4-13(10)20-9-14(18)19/h1-4,11-12,17H,5-9,15H2,(H,18,19)/t11-,12-/m1/s1. The number of likely N-dealkylation sites (tertiary alicyclic amines) is 1. The number of nitrogens with two attached hydrogens (primary N) is 1. The molecular formula is C14H20N2O4. The third kappa shape index (κ3) is 3.93. The van der Waals surface area contributed by atoms with Crippen molar-refractivity contribution in [3.05, 3.63) is 29.8 Å². The summed E-state index contributed by atoms with van der Waals surface area (Å²) in [4.78, 5) is 12.7. The smallest absolute Gasteiger partial charge is 0.341 e. The van der Waals surface area contributed by atoms with Crippen LogP contribution >= 0.6 is 0 Å². The highest BCUT2D eigenvalue weighted by atomic mass is 16.5. The molecule has 0 saturated carbocycles. The Morgan fingerprint density at radius 2 is 2.20 bits per heavy atom. The summed E-state index contributed by atoms with van der Waals surface area (Å²) in [5, 5.41) is 18.5. The molecule has 4 N–H and O–H groups in total. The Kier molecular flexibility index (Phi) is 4.94. The average Bonchev–Trinajstić information content (AvgIpc) is 2.42. The zero-order valence-corrected chi connectivity index (χ0v) is 11.2. The molecule has 2 atom stereocenters. The number of hydrogen-bond donors (Lipinski definition) is 3. The summed E-state index contributed by atoms with van der Waals surface area (Å²) >= 11 is 0.